The second-order valence-corrected chi connectivity index (χ2v) is 22.3. The van der Waals surface area contributed by atoms with E-state index in [1.807, 2.05) is 0 Å². The van der Waals surface area contributed by atoms with E-state index >= 15 is 0 Å². The minimum absolute atomic E-state index is 0. The fourth-order valence-corrected chi connectivity index (χ4v) is 6.97. The molecule has 0 aromatic carbocycles. The Morgan fingerprint density at radius 2 is 0.548 bits per heavy atom. The Hall–Kier alpha value is 1.10. The summed E-state index contributed by atoms with van der Waals surface area (Å²) in [7, 11) is -9.59. The molecule has 10 heteroatoms. The molecule has 0 fully saturated rings. The zero-order valence-corrected chi connectivity index (χ0v) is 26.4. The maximum Gasteiger partial charge on any atom is 3.00 e. The predicted molar refractivity (Wildman–Crippen MR) is 133 cm³/mol. The average molecular weight is 517 g/mol. The summed E-state index contributed by atoms with van der Waals surface area (Å²) in [4.78, 5) is 34.1. The molecule has 0 rings (SSSR count). The van der Waals surface area contributed by atoms with Crippen LogP contribution < -0.4 is 14.7 Å². The number of hydrogen-bond acceptors (Lipinski definition) is 6. The first-order valence-electron chi connectivity index (χ1n) is 10.5. The molecule has 0 aliphatic heterocycles. The summed E-state index contributed by atoms with van der Waals surface area (Å²) in [6.07, 6.45) is 0. The van der Waals surface area contributed by atoms with Crippen molar-refractivity contribution in [1.82, 2.24) is 0 Å². The van der Waals surface area contributed by atoms with Crippen molar-refractivity contribution in [3.63, 3.8) is 0 Å². The standard InChI is InChI=1S/3C7H17O2P.Al/c3*1-6(2)10(8,9)7(3,4)5;/h3*6H,1-5H3,(H,8,9);/q;;;+3/p-3. The number of rotatable bonds is 3. The maximum atomic E-state index is 11.4. The van der Waals surface area contributed by atoms with E-state index in [4.69, 9.17) is 0 Å². The Balaban J connectivity index is -0.000000174. The molecule has 0 amide bonds. The van der Waals surface area contributed by atoms with E-state index in [2.05, 4.69) is 0 Å². The quantitative estimate of drug-likeness (QED) is 0.380. The molecule has 186 valence electrons. The van der Waals surface area contributed by atoms with Gasteiger partial charge in [-0.1, -0.05) is 104 Å². The predicted octanol–water partition coefficient (Wildman–Crippen LogP) is 5.11. The molecule has 3 atom stereocenters. The van der Waals surface area contributed by atoms with Crippen molar-refractivity contribution in [1.29, 1.82) is 0 Å². The summed E-state index contributed by atoms with van der Waals surface area (Å²) < 4.78 is 34.1. The van der Waals surface area contributed by atoms with Crippen LogP contribution in [0.15, 0.2) is 0 Å². The van der Waals surface area contributed by atoms with Crippen molar-refractivity contribution in [2.24, 2.45) is 0 Å². The van der Waals surface area contributed by atoms with Gasteiger partial charge in [-0.15, -0.1) is 0 Å². The molecular formula is C21H48AlO6P3. The van der Waals surface area contributed by atoms with Crippen molar-refractivity contribution < 1.29 is 28.4 Å². The van der Waals surface area contributed by atoms with Gasteiger partial charge in [0.15, 0.2) is 0 Å². The summed E-state index contributed by atoms with van der Waals surface area (Å²) in [5.41, 5.74) is -0.729. The van der Waals surface area contributed by atoms with Crippen molar-refractivity contribution >= 4 is 39.5 Å². The topological polar surface area (TPSA) is 120 Å². The molecule has 6 nitrogen and oxygen atoms in total. The molecule has 3 unspecified atom stereocenters. The Morgan fingerprint density at radius 3 is 0.548 bits per heavy atom. The van der Waals surface area contributed by atoms with Crippen molar-refractivity contribution in [3.05, 3.63) is 0 Å². The summed E-state index contributed by atoms with van der Waals surface area (Å²) in [5, 5.41) is -1.75. The smallest absolute Gasteiger partial charge is 0.799 e. The molecule has 0 radical (unpaired) electrons. The van der Waals surface area contributed by atoms with Gasteiger partial charge in [0.25, 0.3) is 0 Å². The van der Waals surface area contributed by atoms with Crippen LogP contribution in [0.1, 0.15) is 104 Å². The van der Waals surface area contributed by atoms with Crippen molar-refractivity contribution in [2.75, 3.05) is 0 Å². The van der Waals surface area contributed by atoms with Crippen LogP contribution in [0.3, 0.4) is 0 Å². The molecule has 31 heavy (non-hydrogen) atoms. The summed E-state index contributed by atoms with van der Waals surface area (Å²) >= 11 is 0. The maximum absolute atomic E-state index is 11.4. The fourth-order valence-electron chi connectivity index (χ4n) is 2.32. The second kappa shape index (κ2) is 13.3. The largest absolute Gasteiger partial charge is 3.00 e. The van der Waals surface area contributed by atoms with Crippen LogP contribution in [0.25, 0.3) is 0 Å². The molecule has 0 aromatic rings. The summed E-state index contributed by atoms with van der Waals surface area (Å²) in [5.74, 6) is 0. The molecular weight excluding hydrogens is 468 g/mol. The molecule has 0 saturated heterocycles. The zero-order chi connectivity index (χ0) is 25.7. The summed E-state index contributed by atoms with van der Waals surface area (Å²) in [6, 6.07) is 0. The van der Waals surface area contributed by atoms with E-state index in [9.17, 15) is 28.4 Å². The van der Waals surface area contributed by atoms with E-state index < -0.39 is 37.6 Å². The fraction of sp³-hybridized carbons (Fsp3) is 1.00. The molecule has 0 aromatic heterocycles. The van der Waals surface area contributed by atoms with Gasteiger partial charge in [0.05, 0.1) is 0 Å². The van der Waals surface area contributed by atoms with Crippen LogP contribution in [0.5, 0.6) is 0 Å². The van der Waals surface area contributed by atoms with Gasteiger partial charge in [-0.05, 0) is 17.0 Å². The van der Waals surface area contributed by atoms with Gasteiger partial charge < -0.3 is 28.4 Å². The molecule has 0 bridgehead atoms. The van der Waals surface area contributed by atoms with Crippen LogP contribution in [0.2, 0.25) is 0 Å². The zero-order valence-electron chi connectivity index (χ0n) is 22.6. The van der Waals surface area contributed by atoms with Crippen LogP contribution in [-0.4, -0.2) is 49.8 Å². The van der Waals surface area contributed by atoms with Crippen molar-refractivity contribution in [2.45, 2.75) is 136 Å². The van der Waals surface area contributed by atoms with E-state index in [-0.39, 0.29) is 34.3 Å². The molecule has 0 heterocycles. The van der Waals surface area contributed by atoms with Gasteiger partial charge in [-0.3, -0.25) is 0 Å². The summed E-state index contributed by atoms with van der Waals surface area (Å²) in [6.45, 7) is 26.0. The van der Waals surface area contributed by atoms with Crippen LogP contribution in [0, 0.1) is 0 Å². The van der Waals surface area contributed by atoms with Crippen LogP contribution >= 0.6 is 22.1 Å². The Kier molecular flexibility index (Phi) is 16.8. The normalized spacial score (nSPS) is 18.5. The van der Waals surface area contributed by atoms with Crippen LogP contribution in [-0.2, 0) is 13.7 Å². The van der Waals surface area contributed by atoms with E-state index in [1.165, 1.54) is 0 Å². The second-order valence-electron chi connectivity index (χ2n) is 11.6. The molecule has 0 N–H and O–H groups in total. The first-order valence-corrected chi connectivity index (χ1v) is 15.6. The Labute approximate surface area is 203 Å². The van der Waals surface area contributed by atoms with E-state index in [0.29, 0.717) is 0 Å². The molecule has 0 aliphatic rings. The third-order valence-corrected chi connectivity index (χ3v) is 14.5. The van der Waals surface area contributed by atoms with E-state index in [0.717, 1.165) is 0 Å². The van der Waals surface area contributed by atoms with E-state index in [1.54, 1.807) is 104 Å². The molecule has 0 saturated carbocycles. The number of hydrogen-bond donors (Lipinski definition) is 0. The Bertz CT molecular complexity index is 563. The monoisotopic (exact) mass is 516 g/mol. The van der Waals surface area contributed by atoms with Crippen LogP contribution in [0.4, 0.5) is 0 Å². The van der Waals surface area contributed by atoms with Gasteiger partial charge in [-0.2, -0.15) is 0 Å². The average Bonchev–Trinajstić information content (AvgIpc) is 2.44. The van der Waals surface area contributed by atoms with Gasteiger partial charge in [0.1, 0.15) is 0 Å². The minimum Gasteiger partial charge on any atom is -0.799 e. The first kappa shape index (κ1) is 39.3. The van der Waals surface area contributed by atoms with Gasteiger partial charge in [0.2, 0.25) is 0 Å². The SMILES string of the molecule is CC(C)P(=O)([O-])C(C)(C)C.CC(C)P(=O)([O-])C(C)(C)C.CC(C)P(=O)([O-])C(C)(C)C.[Al+3]. The van der Waals surface area contributed by atoms with Gasteiger partial charge in [-0.25, -0.2) is 0 Å². The first-order chi connectivity index (χ1) is 12.6. The minimum atomic E-state index is -3.20. The van der Waals surface area contributed by atoms with Crippen molar-refractivity contribution in [3.8, 4) is 0 Å². The molecule has 0 spiro atoms. The van der Waals surface area contributed by atoms with Gasteiger partial charge >= 0.3 is 17.4 Å². The van der Waals surface area contributed by atoms with Gasteiger partial charge in [0, 0.05) is 37.6 Å². The molecule has 0 aliphatic carbocycles. The third kappa shape index (κ3) is 12.4. The third-order valence-electron chi connectivity index (χ3n) is 4.84. The Morgan fingerprint density at radius 1 is 0.452 bits per heavy atom.